The average molecular weight is 291 g/mol. The van der Waals surface area contributed by atoms with Gasteiger partial charge in [0.05, 0.1) is 13.2 Å². The molecule has 1 unspecified atom stereocenters. The lowest BCUT2D eigenvalue weighted by atomic mass is 10.00. The second kappa shape index (κ2) is 8.28. The fourth-order valence-corrected chi connectivity index (χ4v) is 2.73. The van der Waals surface area contributed by atoms with Gasteiger partial charge in [0.15, 0.2) is 11.5 Å². The van der Waals surface area contributed by atoms with E-state index in [1.165, 1.54) is 31.2 Å². The van der Waals surface area contributed by atoms with Gasteiger partial charge >= 0.3 is 0 Å². The molecule has 3 nitrogen and oxygen atoms in total. The minimum absolute atomic E-state index is 0.422. The first-order valence-corrected chi connectivity index (χ1v) is 8.41. The maximum atomic E-state index is 5.74. The quantitative estimate of drug-likeness (QED) is 0.696. The molecule has 21 heavy (non-hydrogen) atoms. The summed E-state index contributed by atoms with van der Waals surface area (Å²) < 4.78 is 11.4. The van der Waals surface area contributed by atoms with E-state index in [1.54, 1.807) is 0 Å². The van der Waals surface area contributed by atoms with Gasteiger partial charge in [0.2, 0.25) is 0 Å². The topological polar surface area (TPSA) is 30.5 Å². The van der Waals surface area contributed by atoms with E-state index in [0.29, 0.717) is 19.3 Å². The summed E-state index contributed by atoms with van der Waals surface area (Å²) in [5.74, 6) is 2.69. The molecule has 0 amide bonds. The van der Waals surface area contributed by atoms with E-state index in [1.807, 2.05) is 19.9 Å². The van der Waals surface area contributed by atoms with Gasteiger partial charge in [-0.05, 0) is 56.8 Å². The monoisotopic (exact) mass is 291 g/mol. The third kappa shape index (κ3) is 4.92. The third-order valence-electron chi connectivity index (χ3n) is 3.98. The van der Waals surface area contributed by atoms with Crippen molar-refractivity contribution in [3.63, 3.8) is 0 Å². The Balaban J connectivity index is 2.11. The smallest absolute Gasteiger partial charge is 0.161 e. The number of hydrogen-bond donors (Lipinski definition) is 1. The molecule has 1 aromatic carbocycles. The molecule has 0 bridgehead atoms. The number of benzene rings is 1. The number of hydrogen-bond acceptors (Lipinski definition) is 3. The molecule has 0 saturated heterocycles. The summed E-state index contributed by atoms with van der Waals surface area (Å²) in [5, 5.41) is 3.61. The molecule has 0 spiro atoms. The predicted octanol–water partition coefficient (Wildman–Crippen LogP) is 4.32. The molecule has 1 aliphatic rings. The Hall–Kier alpha value is -1.22. The normalized spacial score (nSPS) is 15.8. The van der Waals surface area contributed by atoms with Crippen molar-refractivity contribution >= 4 is 0 Å². The maximum Gasteiger partial charge on any atom is 0.161 e. The molecule has 1 fully saturated rings. The van der Waals surface area contributed by atoms with Crippen molar-refractivity contribution in [1.29, 1.82) is 0 Å². The van der Waals surface area contributed by atoms with Crippen molar-refractivity contribution in [3.05, 3.63) is 23.8 Å². The number of nitrogens with one attached hydrogen (secondary N) is 1. The Labute approximate surface area is 129 Å². The Morgan fingerprint density at radius 1 is 1.10 bits per heavy atom. The van der Waals surface area contributed by atoms with Crippen LogP contribution in [0.1, 0.15) is 58.1 Å². The highest BCUT2D eigenvalue weighted by Crippen LogP contribution is 2.37. The summed E-state index contributed by atoms with van der Waals surface area (Å²) in [4.78, 5) is 0. The molecule has 1 N–H and O–H groups in total. The van der Waals surface area contributed by atoms with E-state index in [0.717, 1.165) is 24.0 Å². The predicted molar refractivity (Wildman–Crippen MR) is 87.2 cm³/mol. The maximum absolute atomic E-state index is 5.74. The summed E-state index contributed by atoms with van der Waals surface area (Å²) >= 11 is 0. The summed E-state index contributed by atoms with van der Waals surface area (Å²) in [6.07, 6.45) is 5.38. The molecular formula is C18H29NO2. The zero-order chi connectivity index (χ0) is 15.1. The van der Waals surface area contributed by atoms with E-state index in [2.05, 4.69) is 24.4 Å². The molecule has 1 saturated carbocycles. The lowest BCUT2D eigenvalue weighted by Gasteiger charge is -2.20. The first-order chi connectivity index (χ1) is 10.3. The minimum atomic E-state index is 0.422. The van der Waals surface area contributed by atoms with Gasteiger partial charge in [-0.15, -0.1) is 0 Å². The van der Waals surface area contributed by atoms with Crippen LogP contribution in [-0.4, -0.2) is 19.8 Å². The van der Waals surface area contributed by atoms with Crippen molar-refractivity contribution in [3.8, 4) is 11.5 Å². The van der Waals surface area contributed by atoms with Crippen molar-refractivity contribution in [2.45, 2.75) is 52.5 Å². The van der Waals surface area contributed by atoms with Gasteiger partial charge in [-0.1, -0.05) is 25.8 Å². The first kappa shape index (κ1) is 16.2. The summed E-state index contributed by atoms with van der Waals surface area (Å²) in [6.45, 7) is 8.50. The van der Waals surface area contributed by atoms with Gasteiger partial charge in [-0.2, -0.15) is 0 Å². The molecule has 3 heteroatoms. The van der Waals surface area contributed by atoms with E-state index in [9.17, 15) is 0 Å². The Kier molecular flexibility index (Phi) is 6.37. The van der Waals surface area contributed by atoms with Crippen molar-refractivity contribution in [1.82, 2.24) is 5.32 Å². The zero-order valence-electron chi connectivity index (χ0n) is 13.7. The molecule has 118 valence electrons. The second-order valence-electron chi connectivity index (χ2n) is 5.70. The third-order valence-corrected chi connectivity index (χ3v) is 3.98. The largest absolute Gasteiger partial charge is 0.490 e. The van der Waals surface area contributed by atoms with Crippen LogP contribution in [0, 0.1) is 5.92 Å². The lowest BCUT2D eigenvalue weighted by Crippen LogP contribution is -2.21. The minimum Gasteiger partial charge on any atom is -0.490 e. The molecular weight excluding hydrogens is 262 g/mol. The van der Waals surface area contributed by atoms with Gasteiger partial charge in [-0.3, -0.25) is 0 Å². The van der Waals surface area contributed by atoms with Crippen LogP contribution in [0.15, 0.2) is 18.2 Å². The molecule has 1 aliphatic carbocycles. The molecule has 0 radical (unpaired) electrons. The van der Waals surface area contributed by atoms with Gasteiger partial charge in [0.25, 0.3) is 0 Å². The van der Waals surface area contributed by atoms with Gasteiger partial charge in [-0.25, -0.2) is 0 Å². The van der Waals surface area contributed by atoms with E-state index >= 15 is 0 Å². The highest BCUT2D eigenvalue weighted by molar-refractivity contribution is 5.44. The first-order valence-electron chi connectivity index (χ1n) is 8.41. The number of ether oxygens (including phenoxy) is 2. The molecule has 1 atom stereocenters. The van der Waals surface area contributed by atoms with E-state index in [-0.39, 0.29) is 0 Å². The van der Waals surface area contributed by atoms with Crippen LogP contribution in [0.2, 0.25) is 0 Å². The molecule has 0 aromatic heterocycles. The summed E-state index contributed by atoms with van der Waals surface area (Å²) in [7, 11) is 0. The van der Waals surface area contributed by atoms with Crippen LogP contribution in [0.25, 0.3) is 0 Å². The fraction of sp³-hybridized carbons (Fsp3) is 0.667. The Morgan fingerprint density at radius 3 is 2.43 bits per heavy atom. The standard InChI is InChI=1S/C18H29NO2/c1-4-19-16(11-9-14-7-8-14)15-10-12-17(20-5-2)18(13-15)21-6-3/h10,12-14,16,19H,4-9,11H2,1-3H3. The highest BCUT2D eigenvalue weighted by Gasteiger charge is 2.23. The van der Waals surface area contributed by atoms with Crippen LogP contribution in [0.3, 0.4) is 0 Å². The summed E-state index contributed by atoms with van der Waals surface area (Å²) in [6, 6.07) is 6.79. The van der Waals surface area contributed by atoms with Crippen LogP contribution in [0.5, 0.6) is 11.5 Å². The zero-order valence-corrected chi connectivity index (χ0v) is 13.7. The second-order valence-corrected chi connectivity index (χ2v) is 5.70. The Bertz CT molecular complexity index is 429. The lowest BCUT2D eigenvalue weighted by molar-refractivity contribution is 0.287. The average Bonchev–Trinajstić information content (AvgIpc) is 3.30. The van der Waals surface area contributed by atoms with Gasteiger partial charge in [0.1, 0.15) is 0 Å². The van der Waals surface area contributed by atoms with E-state index < -0.39 is 0 Å². The van der Waals surface area contributed by atoms with Gasteiger partial charge in [0, 0.05) is 6.04 Å². The SMILES string of the molecule is CCNC(CCC1CC1)c1ccc(OCC)c(OCC)c1. The van der Waals surface area contributed by atoms with Crippen LogP contribution in [0.4, 0.5) is 0 Å². The van der Waals surface area contributed by atoms with Crippen LogP contribution < -0.4 is 14.8 Å². The van der Waals surface area contributed by atoms with E-state index in [4.69, 9.17) is 9.47 Å². The Morgan fingerprint density at radius 2 is 1.81 bits per heavy atom. The van der Waals surface area contributed by atoms with Crippen LogP contribution >= 0.6 is 0 Å². The van der Waals surface area contributed by atoms with Crippen molar-refractivity contribution in [2.75, 3.05) is 19.8 Å². The molecule has 0 heterocycles. The molecule has 0 aliphatic heterocycles. The molecule has 2 rings (SSSR count). The molecule has 1 aromatic rings. The van der Waals surface area contributed by atoms with Crippen molar-refractivity contribution < 1.29 is 9.47 Å². The van der Waals surface area contributed by atoms with Gasteiger partial charge < -0.3 is 14.8 Å². The highest BCUT2D eigenvalue weighted by atomic mass is 16.5. The van der Waals surface area contributed by atoms with Crippen molar-refractivity contribution in [2.24, 2.45) is 5.92 Å². The summed E-state index contributed by atoms with van der Waals surface area (Å²) in [5.41, 5.74) is 1.31. The van der Waals surface area contributed by atoms with Crippen LogP contribution in [-0.2, 0) is 0 Å². The fourth-order valence-electron chi connectivity index (χ4n) is 2.73. The number of rotatable bonds is 10.